The second-order valence-corrected chi connectivity index (χ2v) is 5.18. The molecule has 0 aromatic carbocycles. The Hall–Kier alpha value is -0.500. The van der Waals surface area contributed by atoms with Crippen LogP contribution in [0.5, 0.6) is 0 Å². The van der Waals surface area contributed by atoms with Crippen molar-refractivity contribution in [3.05, 3.63) is 17.5 Å². The van der Waals surface area contributed by atoms with E-state index in [2.05, 4.69) is 25.9 Å². The Morgan fingerprint density at radius 2 is 2.21 bits per heavy atom. The molecule has 1 aromatic heterocycles. The molecule has 2 atom stereocenters. The van der Waals surface area contributed by atoms with Crippen LogP contribution in [0, 0.1) is 18.3 Å². The molecule has 78 valence electrons. The van der Waals surface area contributed by atoms with Gasteiger partial charge in [0.2, 0.25) is 0 Å². The molecular weight excluding hydrogens is 196 g/mol. The summed E-state index contributed by atoms with van der Waals surface area (Å²) in [5, 5.41) is 4.29. The number of rotatable bonds is 2. The molecule has 1 heterocycles. The molecule has 0 bridgehead atoms. The second kappa shape index (κ2) is 2.99. The lowest BCUT2D eigenvalue weighted by Gasteiger charge is -2.01. The lowest BCUT2D eigenvalue weighted by Crippen LogP contribution is -1.95. The number of aromatic nitrogens is 2. The summed E-state index contributed by atoms with van der Waals surface area (Å²) in [4.78, 5) is 0. The van der Waals surface area contributed by atoms with E-state index < -0.39 is 0 Å². The fourth-order valence-electron chi connectivity index (χ4n) is 2.47. The number of hydrogen-bond donors (Lipinski definition) is 0. The lowest BCUT2D eigenvalue weighted by molar-refractivity contribution is 0.576. The maximum absolute atomic E-state index is 5.96. The molecule has 1 aliphatic rings. The maximum Gasteiger partial charge on any atom is 0.0527 e. The van der Waals surface area contributed by atoms with Crippen LogP contribution < -0.4 is 0 Å². The second-order valence-electron chi connectivity index (χ2n) is 4.87. The molecule has 0 aliphatic heterocycles. The molecule has 0 amide bonds. The SMILES string of the molecule is Cc1c(C2C(CCl)C2(C)C)cnn1C. The summed E-state index contributed by atoms with van der Waals surface area (Å²) in [6, 6.07) is 0. The van der Waals surface area contributed by atoms with Gasteiger partial charge in [0.1, 0.15) is 0 Å². The van der Waals surface area contributed by atoms with Gasteiger partial charge in [0.25, 0.3) is 0 Å². The molecule has 1 aromatic rings. The zero-order chi connectivity index (χ0) is 10.5. The summed E-state index contributed by atoms with van der Waals surface area (Å²) >= 11 is 5.96. The fourth-order valence-corrected chi connectivity index (χ4v) is 3.05. The molecule has 2 unspecified atom stereocenters. The van der Waals surface area contributed by atoms with Crippen LogP contribution in [0.4, 0.5) is 0 Å². The minimum Gasteiger partial charge on any atom is -0.273 e. The molecule has 1 saturated carbocycles. The highest BCUT2D eigenvalue weighted by atomic mass is 35.5. The van der Waals surface area contributed by atoms with Crippen LogP contribution in [0.25, 0.3) is 0 Å². The Kier molecular flexibility index (Phi) is 2.15. The Bertz CT molecular complexity index is 354. The van der Waals surface area contributed by atoms with Crippen molar-refractivity contribution in [1.82, 2.24) is 9.78 Å². The first-order chi connectivity index (χ1) is 6.50. The van der Waals surface area contributed by atoms with Crippen molar-refractivity contribution in [2.45, 2.75) is 26.7 Å². The molecule has 1 fully saturated rings. The molecular formula is C11H17ClN2. The van der Waals surface area contributed by atoms with Gasteiger partial charge in [0, 0.05) is 18.6 Å². The molecule has 2 rings (SSSR count). The van der Waals surface area contributed by atoms with Gasteiger partial charge in [0.15, 0.2) is 0 Å². The highest BCUT2D eigenvalue weighted by Crippen LogP contribution is 2.65. The van der Waals surface area contributed by atoms with E-state index >= 15 is 0 Å². The molecule has 3 heteroatoms. The highest BCUT2D eigenvalue weighted by molar-refractivity contribution is 6.18. The predicted molar refractivity (Wildman–Crippen MR) is 58.7 cm³/mol. The standard InChI is InChI=1S/C11H17ClN2/c1-7-8(6-13-14(7)4)10-9(5-12)11(10,2)3/h6,9-10H,5H2,1-4H3. The van der Waals surface area contributed by atoms with Crippen molar-refractivity contribution in [3.63, 3.8) is 0 Å². The van der Waals surface area contributed by atoms with E-state index in [1.165, 1.54) is 11.3 Å². The van der Waals surface area contributed by atoms with E-state index in [1.807, 2.05) is 17.9 Å². The van der Waals surface area contributed by atoms with Gasteiger partial charge in [-0.15, -0.1) is 11.6 Å². The third-order valence-corrected chi connectivity index (χ3v) is 4.16. The Labute approximate surface area is 90.3 Å². The number of hydrogen-bond acceptors (Lipinski definition) is 1. The first kappa shape index (κ1) is 10.0. The van der Waals surface area contributed by atoms with Crippen LogP contribution in [0.2, 0.25) is 0 Å². The van der Waals surface area contributed by atoms with E-state index in [1.54, 1.807) is 0 Å². The van der Waals surface area contributed by atoms with Crippen LogP contribution in [0.3, 0.4) is 0 Å². The van der Waals surface area contributed by atoms with Gasteiger partial charge < -0.3 is 0 Å². The first-order valence-corrected chi connectivity index (χ1v) is 5.58. The monoisotopic (exact) mass is 212 g/mol. The number of nitrogens with zero attached hydrogens (tertiary/aromatic N) is 2. The van der Waals surface area contributed by atoms with Crippen molar-refractivity contribution < 1.29 is 0 Å². The van der Waals surface area contributed by atoms with Gasteiger partial charge in [-0.1, -0.05) is 13.8 Å². The number of alkyl halides is 1. The largest absolute Gasteiger partial charge is 0.273 e. The summed E-state index contributed by atoms with van der Waals surface area (Å²) in [5.74, 6) is 1.98. The van der Waals surface area contributed by atoms with Crippen molar-refractivity contribution in [2.24, 2.45) is 18.4 Å². The smallest absolute Gasteiger partial charge is 0.0527 e. The maximum atomic E-state index is 5.96. The highest BCUT2D eigenvalue weighted by Gasteiger charge is 2.58. The van der Waals surface area contributed by atoms with Crippen molar-refractivity contribution in [2.75, 3.05) is 5.88 Å². The van der Waals surface area contributed by atoms with Gasteiger partial charge in [-0.3, -0.25) is 4.68 Å². The van der Waals surface area contributed by atoms with Gasteiger partial charge in [0.05, 0.1) is 6.20 Å². The first-order valence-electron chi connectivity index (χ1n) is 5.04. The molecule has 0 spiro atoms. The topological polar surface area (TPSA) is 17.8 Å². The minimum absolute atomic E-state index is 0.357. The summed E-state index contributed by atoms with van der Waals surface area (Å²) in [7, 11) is 1.99. The van der Waals surface area contributed by atoms with E-state index in [-0.39, 0.29) is 0 Å². The van der Waals surface area contributed by atoms with Crippen molar-refractivity contribution >= 4 is 11.6 Å². The molecule has 0 N–H and O–H groups in total. The third-order valence-electron chi connectivity index (χ3n) is 3.82. The fraction of sp³-hybridized carbons (Fsp3) is 0.727. The number of halogens is 1. The van der Waals surface area contributed by atoms with Crippen molar-refractivity contribution in [1.29, 1.82) is 0 Å². The lowest BCUT2D eigenvalue weighted by atomic mass is 10.0. The molecule has 2 nitrogen and oxygen atoms in total. The minimum atomic E-state index is 0.357. The van der Waals surface area contributed by atoms with Crippen LogP contribution in [-0.2, 0) is 7.05 Å². The summed E-state index contributed by atoms with van der Waals surface area (Å²) in [5.41, 5.74) is 3.01. The normalized spacial score (nSPS) is 29.2. The Balaban J connectivity index is 2.31. The predicted octanol–water partition coefficient (Wildman–Crippen LogP) is 2.71. The van der Waals surface area contributed by atoms with Crippen LogP contribution in [0.1, 0.15) is 31.0 Å². The third kappa shape index (κ3) is 1.20. The van der Waals surface area contributed by atoms with Crippen molar-refractivity contribution in [3.8, 4) is 0 Å². The van der Waals surface area contributed by atoms with Crippen LogP contribution in [0.15, 0.2) is 6.20 Å². The van der Waals surface area contributed by atoms with E-state index in [9.17, 15) is 0 Å². The van der Waals surface area contributed by atoms with E-state index in [4.69, 9.17) is 11.6 Å². The molecule has 0 radical (unpaired) electrons. The molecule has 1 aliphatic carbocycles. The zero-order valence-corrected chi connectivity index (χ0v) is 9.97. The van der Waals surface area contributed by atoms with Gasteiger partial charge in [-0.05, 0) is 29.7 Å². The average Bonchev–Trinajstić information content (AvgIpc) is 2.52. The van der Waals surface area contributed by atoms with Crippen LogP contribution >= 0.6 is 11.6 Å². The number of aryl methyl sites for hydroxylation is 1. The van der Waals surface area contributed by atoms with Gasteiger partial charge >= 0.3 is 0 Å². The zero-order valence-electron chi connectivity index (χ0n) is 9.21. The molecule has 14 heavy (non-hydrogen) atoms. The quantitative estimate of drug-likeness (QED) is 0.690. The van der Waals surface area contributed by atoms with E-state index in [0.29, 0.717) is 17.3 Å². The Morgan fingerprint density at radius 3 is 2.57 bits per heavy atom. The van der Waals surface area contributed by atoms with Gasteiger partial charge in [-0.25, -0.2) is 0 Å². The van der Waals surface area contributed by atoms with Crippen LogP contribution in [-0.4, -0.2) is 15.7 Å². The average molecular weight is 213 g/mol. The molecule has 0 saturated heterocycles. The summed E-state index contributed by atoms with van der Waals surface area (Å²) < 4.78 is 1.94. The van der Waals surface area contributed by atoms with E-state index in [0.717, 1.165) is 5.88 Å². The van der Waals surface area contributed by atoms with Gasteiger partial charge in [-0.2, -0.15) is 5.10 Å². The summed E-state index contributed by atoms with van der Waals surface area (Å²) in [6.45, 7) is 6.70. The summed E-state index contributed by atoms with van der Waals surface area (Å²) in [6.07, 6.45) is 1.99. The Morgan fingerprint density at radius 1 is 1.57 bits per heavy atom.